The fourth-order valence-electron chi connectivity index (χ4n) is 2.20. The number of hydrogen-bond acceptors (Lipinski definition) is 5. The summed E-state index contributed by atoms with van der Waals surface area (Å²) < 4.78 is 4.06. The number of carboxylic acids is 1. The van der Waals surface area contributed by atoms with Crippen LogP contribution in [0.15, 0.2) is 0 Å². The molecule has 2 N–H and O–H groups in total. The highest BCUT2D eigenvalue weighted by molar-refractivity contribution is 7.09. The van der Waals surface area contributed by atoms with E-state index < -0.39 is 11.5 Å². The van der Waals surface area contributed by atoms with Gasteiger partial charge < -0.3 is 10.4 Å². The highest BCUT2D eigenvalue weighted by Gasteiger charge is 2.41. The van der Waals surface area contributed by atoms with Crippen LogP contribution in [0.3, 0.4) is 0 Å². The summed E-state index contributed by atoms with van der Waals surface area (Å²) in [5.74, 6) is 0.514. The predicted molar refractivity (Wildman–Crippen MR) is 66.3 cm³/mol. The van der Waals surface area contributed by atoms with Crippen LogP contribution in [0.25, 0.3) is 0 Å². The van der Waals surface area contributed by atoms with Crippen molar-refractivity contribution in [2.45, 2.75) is 45.1 Å². The van der Waals surface area contributed by atoms with Crippen LogP contribution < -0.4 is 5.32 Å². The first-order valence-electron chi connectivity index (χ1n) is 5.84. The summed E-state index contributed by atoms with van der Waals surface area (Å²) in [6.07, 6.45) is 3.19. The molecule has 1 saturated carbocycles. The van der Waals surface area contributed by atoms with Gasteiger partial charge in [-0.15, -0.1) is 0 Å². The van der Waals surface area contributed by atoms with Crippen molar-refractivity contribution in [1.82, 2.24) is 9.36 Å². The lowest BCUT2D eigenvalue weighted by Gasteiger charge is -2.36. The number of aliphatic carboxylic acids is 1. The molecule has 0 radical (unpaired) electrons. The van der Waals surface area contributed by atoms with Gasteiger partial charge in [-0.3, -0.25) is 0 Å². The topological polar surface area (TPSA) is 75.1 Å². The molecule has 1 aromatic heterocycles. The van der Waals surface area contributed by atoms with Gasteiger partial charge in [-0.05, 0) is 38.5 Å². The monoisotopic (exact) mass is 255 g/mol. The van der Waals surface area contributed by atoms with Gasteiger partial charge in [-0.2, -0.15) is 4.37 Å². The van der Waals surface area contributed by atoms with E-state index in [0.29, 0.717) is 29.7 Å². The third-order valence-corrected chi connectivity index (χ3v) is 4.13. The van der Waals surface area contributed by atoms with Crippen LogP contribution >= 0.6 is 11.5 Å². The van der Waals surface area contributed by atoms with Crippen molar-refractivity contribution < 1.29 is 9.90 Å². The van der Waals surface area contributed by atoms with Crippen molar-refractivity contribution in [3.63, 3.8) is 0 Å². The Labute approximate surface area is 104 Å². The van der Waals surface area contributed by atoms with Gasteiger partial charge in [-0.1, -0.05) is 6.92 Å². The summed E-state index contributed by atoms with van der Waals surface area (Å²) in [6.45, 7) is 3.97. The van der Waals surface area contributed by atoms with Crippen LogP contribution in [0.5, 0.6) is 0 Å². The first-order valence-corrected chi connectivity index (χ1v) is 6.61. The van der Waals surface area contributed by atoms with E-state index in [1.165, 1.54) is 11.5 Å². The molecule has 1 aliphatic rings. The van der Waals surface area contributed by atoms with Crippen molar-refractivity contribution in [3.05, 3.63) is 5.82 Å². The summed E-state index contributed by atoms with van der Waals surface area (Å²) in [6, 6.07) is 0. The minimum atomic E-state index is -0.849. The molecule has 5 nitrogen and oxygen atoms in total. The smallest absolute Gasteiger partial charge is 0.329 e. The summed E-state index contributed by atoms with van der Waals surface area (Å²) in [7, 11) is 0. The standard InChI is InChI=1S/C11H17N3O2S/c1-7-3-5-11(6-4-7,9(15)16)13-10-12-8(2)14-17-10/h7H,3-6H2,1-2H3,(H,15,16)(H,12,13,14). The zero-order valence-electron chi connectivity index (χ0n) is 10.1. The van der Waals surface area contributed by atoms with Gasteiger partial charge in [0, 0.05) is 11.5 Å². The third kappa shape index (κ3) is 2.57. The van der Waals surface area contributed by atoms with Crippen LogP contribution in [0.2, 0.25) is 0 Å². The Morgan fingerprint density at radius 2 is 2.18 bits per heavy atom. The summed E-state index contributed by atoms with van der Waals surface area (Å²) in [4.78, 5) is 15.7. The van der Waals surface area contributed by atoms with E-state index in [9.17, 15) is 9.90 Å². The van der Waals surface area contributed by atoms with Crippen LogP contribution in [-0.2, 0) is 4.79 Å². The molecule has 1 aliphatic carbocycles. The molecule has 94 valence electrons. The molecule has 0 bridgehead atoms. The van der Waals surface area contributed by atoms with Gasteiger partial charge in [-0.25, -0.2) is 9.78 Å². The minimum Gasteiger partial charge on any atom is -0.480 e. The number of carboxylic acid groups (broad SMARTS) is 1. The molecule has 1 fully saturated rings. The minimum absolute atomic E-state index is 0.611. The molecule has 2 rings (SSSR count). The van der Waals surface area contributed by atoms with Gasteiger partial charge in [0.25, 0.3) is 0 Å². The fourth-order valence-corrected chi connectivity index (χ4v) is 2.87. The molecule has 1 heterocycles. The van der Waals surface area contributed by atoms with Crippen molar-refractivity contribution in [3.8, 4) is 0 Å². The number of nitrogens with one attached hydrogen (secondary N) is 1. The summed E-state index contributed by atoms with van der Waals surface area (Å²) >= 11 is 1.22. The van der Waals surface area contributed by atoms with Gasteiger partial charge in [0.15, 0.2) is 0 Å². The molecule has 0 aromatic carbocycles. The summed E-state index contributed by atoms with van der Waals surface area (Å²) in [5.41, 5.74) is -0.849. The maximum atomic E-state index is 11.5. The van der Waals surface area contributed by atoms with E-state index in [0.717, 1.165) is 12.8 Å². The second kappa shape index (κ2) is 4.60. The second-order valence-electron chi connectivity index (χ2n) is 4.84. The lowest BCUT2D eigenvalue weighted by Crippen LogP contribution is -2.48. The van der Waals surface area contributed by atoms with E-state index >= 15 is 0 Å². The molecule has 17 heavy (non-hydrogen) atoms. The Hall–Kier alpha value is -1.17. The van der Waals surface area contributed by atoms with Crippen molar-refractivity contribution >= 4 is 22.6 Å². The Kier molecular flexibility index (Phi) is 3.33. The first-order chi connectivity index (χ1) is 8.02. The first kappa shape index (κ1) is 12.3. The van der Waals surface area contributed by atoms with E-state index in [1.807, 2.05) is 0 Å². The van der Waals surface area contributed by atoms with Crippen LogP contribution in [0.4, 0.5) is 5.13 Å². The fraction of sp³-hybridized carbons (Fsp3) is 0.727. The SMILES string of the molecule is Cc1nsc(NC2(C(=O)O)CCC(C)CC2)n1. The highest BCUT2D eigenvalue weighted by atomic mass is 32.1. The van der Waals surface area contributed by atoms with Gasteiger partial charge in [0.2, 0.25) is 5.13 Å². The number of anilines is 1. The summed E-state index contributed by atoms with van der Waals surface area (Å²) in [5, 5.41) is 13.1. The van der Waals surface area contributed by atoms with E-state index in [2.05, 4.69) is 21.6 Å². The van der Waals surface area contributed by atoms with E-state index in [-0.39, 0.29) is 0 Å². The maximum absolute atomic E-state index is 11.5. The lowest BCUT2D eigenvalue weighted by atomic mass is 9.77. The highest BCUT2D eigenvalue weighted by Crippen LogP contribution is 2.35. The van der Waals surface area contributed by atoms with E-state index in [1.54, 1.807) is 6.92 Å². The molecular weight excluding hydrogens is 238 g/mol. The Morgan fingerprint density at radius 1 is 1.53 bits per heavy atom. The molecule has 1 aromatic rings. The number of aryl methyl sites for hydroxylation is 1. The van der Waals surface area contributed by atoms with Gasteiger partial charge >= 0.3 is 5.97 Å². The molecule has 0 spiro atoms. The van der Waals surface area contributed by atoms with Crippen LogP contribution in [0.1, 0.15) is 38.4 Å². The largest absolute Gasteiger partial charge is 0.480 e. The Morgan fingerprint density at radius 3 is 2.65 bits per heavy atom. The molecule has 0 atom stereocenters. The number of aromatic nitrogens is 2. The van der Waals surface area contributed by atoms with Gasteiger partial charge in [0.1, 0.15) is 11.4 Å². The predicted octanol–water partition coefficient (Wildman–Crippen LogP) is 2.29. The maximum Gasteiger partial charge on any atom is 0.329 e. The number of rotatable bonds is 3. The van der Waals surface area contributed by atoms with Crippen molar-refractivity contribution in [2.75, 3.05) is 5.32 Å². The molecule has 6 heteroatoms. The number of hydrogen-bond donors (Lipinski definition) is 2. The Bertz CT molecular complexity index is 411. The zero-order valence-corrected chi connectivity index (χ0v) is 10.9. The average Bonchev–Trinajstić information content (AvgIpc) is 2.67. The molecule has 0 saturated heterocycles. The number of carbonyl (C=O) groups is 1. The normalized spacial score (nSPS) is 28.9. The molecule has 0 unspecified atom stereocenters. The van der Waals surface area contributed by atoms with Crippen molar-refractivity contribution in [1.29, 1.82) is 0 Å². The van der Waals surface area contributed by atoms with Crippen molar-refractivity contribution in [2.24, 2.45) is 5.92 Å². The quantitative estimate of drug-likeness (QED) is 0.866. The molecule has 0 amide bonds. The Balaban J connectivity index is 2.15. The van der Waals surface area contributed by atoms with E-state index in [4.69, 9.17) is 0 Å². The molecular formula is C11H17N3O2S. The zero-order chi connectivity index (χ0) is 12.5. The second-order valence-corrected chi connectivity index (χ2v) is 5.59. The lowest BCUT2D eigenvalue weighted by molar-refractivity contribution is -0.143. The van der Waals surface area contributed by atoms with Crippen LogP contribution in [-0.4, -0.2) is 26.0 Å². The number of nitrogens with zero attached hydrogens (tertiary/aromatic N) is 2. The van der Waals surface area contributed by atoms with Gasteiger partial charge in [0.05, 0.1) is 0 Å². The molecule has 0 aliphatic heterocycles. The van der Waals surface area contributed by atoms with Crippen LogP contribution in [0, 0.1) is 12.8 Å². The third-order valence-electron chi connectivity index (χ3n) is 3.41. The average molecular weight is 255 g/mol.